The van der Waals surface area contributed by atoms with E-state index in [2.05, 4.69) is 24.0 Å². The third kappa shape index (κ3) is 3.73. The smallest absolute Gasteiger partial charge is 0.341 e. The number of hydrogen-bond donors (Lipinski definition) is 0. The number of carbonyl (C=O) groups is 1. The second-order valence-electron chi connectivity index (χ2n) is 4.05. The third-order valence-electron chi connectivity index (χ3n) is 2.96. The molecule has 4 heteroatoms. The highest BCUT2D eigenvalue weighted by Crippen LogP contribution is 2.24. The second-order valence-corrected chi connectivity index (χ2v) is 4.25. The van der Waals surface area contributed by atoms with Gasteiger partial charge >= 0.3 is 16.5 Å². The minimum absolute atomic E-state index is 0.370. The molecule has 3 nitrogen and oxygen atoms in total. The Morgan fingerprint density at radius 3 is 2.72 bits per heavy atom. The van der Waals surface area contributed by atoms with E-state index >= 15 is 0 Å². The van der Waals surface area contributed by atoms with Gasteiger partial charge in [0.1, 0.15) is 5.75 Å². The van der Waals surface area contributed by atoms with Crippen molar-refractivity contribution in [2.24, 2.45) is 0 Å². The van der Waals surface area contributed by atoms with Gasteiger partial charge in [0, 0.05) is 6.08 Å². The molecule has 3 radical (unpaired) electrons. The summed E-state index contributed by atoms with van der Waals surface area (Å²) in [4.78, 5) is 10.9. The van der Waals surface area contributed by atoms with Crippen LogP contribution < -0.4 is 4.43 Å². The lowest BCUT2D eigenvalue weighted by molar-refractivity contribution is -0.137. The summed E-state index contributed by atoms with van der Waals surface area (Å²) in [5, 5.41) is 0. The van der Waals surface area contributed by atoms with E-state index in [0.29, 0.717) is 6.61 Å². The molecule has 0 N–H and O–H groups in total. The molecule has 0 saturated carbocycles. The van der Waals surface area contributed by atoms with Crippen molar-refractivity contribution >= 4 is 16.5 Å². The molecule has 0 aliphatic heterocycles. The van der Waals surface area contributed by atoms with Gasteiger partial charge in [0.2, 0.25) is 0 Å². The summed E-state index contributed by atoms with van der Waals surface area (Å²) in [5.74, 6) is 0.455. The SMILES string of the molecule is C=CC(=O)OCCCc1ccc(O[Si])c(C)c1C. The zero-order valence-electron chi connectivity index (χ0n) is 10.8. The number of benzene rings is 1. The molecule has 1 rings (SSSR count). The molecule has 0 fully saturated rings. The zero-order chi connectivity index (χ0) is 13.5. The van der Waals surface area contributed by atoms with Gasteiger partial charge in [0.25, 0.3) is 0 Å². The molecule has 0 heterocycles. The molecule has 1 aromatic carbocycles. The van der Waals surface area contributed by atoms with Crippen molar-refractivity contribution in [2.75, 3.05) is 6.61 Å². The number of hydrogen-bond acceptors (Lipinski definition) is 3. The molecule has 0 spiro atoms. The highest BCUT2D eigenvalue weighted by Gasteiger charge is 2.06. The monoisotopic (exact) mass is 261 g/mol. The molecule has 0 saturated heterocycles. The Labute approximate surface area is 111 Å². The number of esters is 1. The summed E-state index contributed by atoms with van der Waals surface area (Å²) in [6.45, 7) is 7.85. The lowest BCUT2D eigenvalue weighted by atomic mass is 9.99. The van der Waals surface area contributed by atoms with Crippen molar-refractivity contribution in [2.45, 2.75) is 26.7 Å². The maximum absolute atomic E-state index is 10.9. The maximum atomic E-state index is 10.9. The Morgan fingerprint density at radius 1 is 1.39 bits per heavy atom. The van der Waals surface area contributed by atoms with E-state index in [4.69, 9.17) is 9.16 Å². The average molecular weight is 261 g/mol. The lowest BCUT2D eigenvalue weighted by Gasteiger charge is -2.12. The molecule has 0 amide bonds. The zero-order valence-corrected chi connectivity index (χ0v) is 11.8. The molecule has 0 unspecified atom stereocenters. The standard InChI is InChI=1S/C14H17O3Si/c1-4-14(15)16-9-5-6-12-7-8-13(17-18)11(3)10(12)2/h4,7-8H,1,5-6,9H2,2-3H3. The van der Waals surface area contributed by atoms with E-state index < -0.39 is 0 Å². The average Bonchev–Trinajstić information content (AvgIpc) is 2.39. The predicted octanol–water partition coefficient (Wildman–Crippen LogP) is 2.43. The van der Waals surface area contributed by atoms with Crippen molar-refractivity contribution in [1.29, 1.82) is 0 Å². The molecule has 0 aliphatic rings. The first-order valence-electron chi connectivity index (χ1n) is 5.82. The van der Waals surface area contributed by atoms with Crippen LogP contribution in [0.5, 0.6) is 5.75 Å². The summed E-state index contributed by atoms with van der Waals surface area (Å²) < 4.78 is 10.0. The Hall–Kier alpha value is -1.55. The molecular formula is C14H17O3Si. The van der Waals surface area contributed by atoms with Gasteiger partial charge in [-0.25, -0.2) is 4.79 Å². The number of ether oxygens (including phenoxy) is 1. The summed E-state index contributed by atoms with van der Waals surface area (Å²) in [6, 6.07) is 3.97. The lowest BCUT2D eigenvalue weighted by Crippen LogP contribution is -2.04. The largest absolute Gasteiger partial charge is 0.540 e. The minimum atomic E-state index is -0.370. The third-order valence-corrected chi connectivity index (χ3v) is 3.18. The maximum Gasteiger partial charge on any atom is 0.341 e. The van der Waals surface area contributed by atoms with Crippen molar-refractivity contribution in [1.82, 2.24) is 0 Å². The highest BCUT2D eigenvalue weighted by molar-refractivity contribution is 6.00. The minimum Gasteiger partial charge on any atom is -0.540 e. The van der Waals surface area contributed by atoms with Crippen LogP contribution in [0, 0.1) is 13.8 Å². The van der Waals surface area contributed by atoms with Gasteiger partial charge in [-0.2, -0.15) is 0 Å². The summed E-state index contributed by atoms with van der Waals surface area (Å²) in [7, 11) is 3.04. The van der Waals surface area contributed by atoms with E-state index in [9.17, 15) is 4.79 Å². The van der Waals surface area contributed by atoms with Gasteiger partial charge in [-0.15, -0.1) is 0 Å². The molecule has 0 atom stereocenters. The van der Waals surface area contributed by atoms with Crippen molar-refractivity contribution in [3.63, 3.8) is 0 Å². The molecule has 1 aromatic rings. The number of carbonyl (C=O) groups excluding carboxylic acids is 1. The molecule has 0 aliphatic carbocycles. The van der Waals surface area contributed by atoms with E-state index in [-0.39, 0.29) is 5.97 Å². The first-order valence-corrected chi connectivity index (χ1v) is 6.22. The first kappa shape index (κ1) is 14.5. The topological polar surface area (TPSA) is 35.5 Å². The Balaban J connectivity index is 2.55. The van der Waals surface area contributed by atoms with Crippen molar-refractivity contribution in [3.8, 4) is 5.75 Å². The summed E-state index contributed by atoms with van der Waals surface area (Å²) in [6.07, 6.45) is 2.85. The normalized spacial score (nSPS) is 9.94. The fourth-order valence-electron chi connectivity index (χ4n) is 1.73. The summed E-state index contributed by atoms with van der Waals surface area (Å²) in [5.41, 5.74) is 3.57. The van der Waals surface area contributed by atoms with Crippen LogP contribution in [-0.4, -0.2) is 23.1 Å². The summed E-state index contributed by atoms with van der Waals surface area (Å²) >= 11 is 0. The molecule has 0 aromatic heterocycles. The fourth-order valence-corrected chi connectivity index (χ4v) is 1.95. The van der Waals surface area contributed by atoms with Crippen LogP contribution in [0.15, 0.2) is 24.8 Å². The van der Waals surface area contributed by atoms with Crippen molar-refractivity contribution < 1.29 is 14.0 Å². The van der Waals surface area contributed by atoms with Crippen LogP contribution in [-0.2, 0) is 16.0 Å². The van der Waals surface area contributed by atoms with E-state index in [1.807, 2.05) is 19.1 Å². The quantitative estimate of drug-likeness (QED) is 0.341. The number of rotatable bonds is 6. The second kappa shape index (κ2) is 7.01. The predicted molar refractivity (Wildman–Crippen MR) is 71.8 cm³/mol. The molecule has 95 valence electrons. The Bertz CT molecular complexity index is 441. The van der Waals surface area contributed by atoms with E-state index in [1.54, 1.807) is 0 Å². The van der Waals surface area contributed by atoms with Gasteiger partial charge in [0.05, 0.1) is 6.61 Å². The van der Waals surface area contributed by atoms with Crippen LogP contribution in [0.4, 0.5) is 0 Å². The molecule has 0 bridgehead atoms. The van der Waals surface area contributed by atoms with Crippen LogP contribution >= 0.6 is 0 Å². The molecule has 18 heavy (non-hydrogen) atoms. The fraction of sp³-hybridized carbons (Fsp3) is 0.357. The Kier molecular flexibility index (Phi) is 5.65. The van der Waals surface area contributed by atoms with Crippen LogP contribution in [0.25, 0.3) is 0 Å². The van der Waals surface area contributed by atoms with Crippen LogP contribution in [0.3, 0.4) is 0 Å². The number of aryl methyl sites for hydroxylation is 1. The van der Waals surface area contributed by atoms with Gasteiger partial charge in [0.15, 0.2) is 0 Å². The molecular weight excluding hydrogens is 244 g/mol. The van der Waals surface area contributed by atoms with Gasteiger partial charge < -0.3 is 9.16 Å². The van der Waals surface area contributed by atoms with Gasteiger partial charge in [-0.1, -0.05) is 12.6 Å². The highest BCUT2D eigenvalue weighted by atomic mass is 28.2. The van der Waals surface area contributed by atoms with Crippen LogP contribution in [0.2, 0.25) is 0 Å². The van der Waals surface area contributed by atoms with Gasteiger partial charge in [-0.05, 0) is 49.4 Å². The van der Waals surface area contributed by atoms with Crippen molar-refractivity contribution in [3.05, 3.63) is 41.5 Å². The Morgan fingerprint density at radius 2 is 2.11 bits per heavy atom. The van der Waals surface area contributed by atoms with Crippen LogP contribution in [0.1, 0.15) is 23.1 Å². The first-order chi connectivity index (χ1) is 8.60. The van der Waals surface area contributed by atoms with E-state index in [0.717, 1.165) is 24.2 Å². The van der Waals surface area contributed by atoms with E-state index in [1.165, 1.54) is 17.2 Å². The van der Waals surface area contributed by atoms with Gasteiger partial charge in [-0.3, -0.25) is 0 Å².